The van der Waals surface area contributed by atoms with Crippen molar-refractivity contribution in [3.8, 4) is 0 Å². The smallest absolute Gasteiger partial charge is 0.130 e. The number of pyridine rings is 1. The summed E-state index contributed by atoms with van der Waals surface area (Å²) in [7, 11) is 0. The molecule has 0 amide bonds. The van der Waals surface area contributed by atoms with E-state index >= 15 is 0 Å². The molecule has 11 heavy (non-hydrogen) atoms. The van der Waals surface area contributed by atoms with Crippen molar-refractivity contribution in [1.82, 2.24) is 4.98 Å². The van der Waals surface area contributed by atoms with E-state index in [9.17, 15) is 0 Å². The second-order valence-electron chi connectivity index (χ2n) is 2.36. The summed E-state index contributed by atoms with van der Waals surface area (Å²) in [5, 5.41) is 3.84. The van der Waals surface area contributed by atoms with Crippen LogP contribution in [-0.4, -0.2) is 4.98 Å². The molecule has 2 aromatic rings. The Labute approximate surface area is 73.6 Å². The molecule has 2 aromatic heterocycles. The highest BCUT2D eigenvalue weighted by Crippen LogP contribution is 2.24. The van der Waals surface area contributed by atoms with Gasteiger partial charge in [-0.15, -0.1) is 11.3 Å². The molecule has 0 saturated carbocycles. The summed E-state index contributed by atoms with van der Waals surface area (Å²) in [5.74, 6) is 0. The summed E-state index contributed by atoms with van der Waals surface area (Å²) < 4.78 is 1.21. The number of nitrogens with zero attached hydrogens (tertiary/aromatic N) is 1. The third-order valence-electron chi connectivity index (χ3n) is 1.61. The van der Waals surface area contributed by atoms with Gasteiger partial charge in [-0.3, -0.25) is 0 Å². The summed E-state index contributed by atoms with van der Waals surface area (Å²) >= 11 is 7.47. The highest BCUT2D eigenvalue weighted by atomic mass is 35.5. The number of aromatic nitrogens is 1. The highest BCUT2D eigenvalue weighted by Gasteiger charge is 2.00. The zero-order valence-corrected chi connectivity index (χ0v) is 7.54. The van der Waals surface area contributed by atoms with Gasteiger partial charge in [0.1, 0.15) is 5.15 Å². The molecular formula is C8H6ClNS. The van der Waals surface area contributed by atoms with Crippen molar-refractivity contribution in [2.24, 2.45) is 0 Å². The third-order valence-corrected chi connectivity index (χ3v) is 2.67. The summed E-state index contributed by atoms with van der Waals surface area (Å²) in [6, 6.07) is 3.97. The second-order valence-corrected chi connectivity index (χ2v) is 3.70. The van der Waals surface area contributed by atoms with Crippen molar-refractivity contribution in [3.05, 3.63) is 28.4 Å². The summed E-state index contributed by atoms with van der Waals surface area (Å²) in [5.41, 5.74) is 1.01. The van der Waals surface area contributed by atoms with Gasteiger partial charge in [0, 0.05) is 15.8 Å². The van der Waals surface area contributed by atoms with Crippen molar-refractivity contribution >= 4 is 33.0 Å². The molecule has 0 aliphatic rings. The molecule has 0 fully saturated rings. The van der Waals surface area contributed by atoms with Crippen LogP contribution in [-0.2, 0) is 0 Å². The average molecular weight is 184 g/mol. The van der Waals surface area contributed by atoms with Gasteiger partial charge in [0.2, 0.25) is 0 Å². The van der Waals surface area contributed by atoms with Gasteiger partial charge in [-0.1, -0.05) is 11.6 Å². The Morgan fingerprint density at radius 1 is 1.55 bits per heavy atom. The molecule has 2 rings (SSSR count). The molecule has 56 valence electrons. The van der Waals surface area contributed by atoms with Gasteiger partial charge in [-0.2, -0.15) is 0 Å². The maximum atomic E-state index is 5.78. The van der Waals surface area contributed by atoms with Crippen LogP contribution >= 0.6 is 22.9 Å². The Morgan fingerprint density at radius 2 is 2.36 bits per heavy atom. The van der Waals surface area contributed by atoms with E-state index < -0.39 is 0 Å². The van der Waals surface area contributed by atoms with Crippen molar-refractivity contribution in [3.63, 3.8) is 0 Å². The van der Waals surface area contributed by atoms with Crippen molar-refractivity contribution < 1.29 is 0 Å². The number of halogens is 1. The van der Waals surface area contributed by atoms with Crippen molar-refractivity contribution in [2.45, 2.75) is 6.92 Å². The van der Waals surface area contributed by atoms with Crippen molar-refractivity contribution in [2.75, 3.05) is 0 Å². The minimum atomic E-state index is 0.581. The lowest BCUT2D eigenvalue weighted by Crippen LogP contribution is -1.80. The topological polar surface area (TPSA) is 12.9 Å². The van der Waals surface area contributed by atoms with Crippen LogP contribution in [0, 0.1) is 6.92 Å². The van der Waals surface area contributed by atoms with Crippen LogP contribution in [0.2, 0.25) is 5.15 Å². The lowest BCUT2D eigenvalue weighted by molar-refractivity contribution is 1.24. The number of fused-ring (bicyclic) bond motifs is 1. The van der Waals surface area contributed by atoms with E-state index in [0.717, 1.165) is 5.69 Å². The number of aryl methyl sites for hydroxylation is 1. The summed E-state index contributed by atoms with van der Waals surface area (Å²) in [6.07, 6.45) is 0. The van der Waals surface area contributed by atoms with Gasteiger partial charge in [0.25, 0.3) is 0 Å². The highest BCUT2D eigenvalue weighted by molar-refractivity contribution is 7.17. The van der Waals surface area contributed by atoms with E-state index in [1.165, 1.54) is 10.1 Å². The van der Waals surface area contributed by atoms with Gasteiger partial charge in [0.05, 0.1) is 0 Å². The van der Waals surface area contributed by atoms with Crippen LogP contribution in [0.1, 0.15) is 5.69 Å². The van der Waals surface area contributed by atoms with Gasteiger partial charge in [-0.05, 0) is 24.4 Å². The van der Waals surface area contributed by atoms with E-state index in [2.05, 4.69) is 16.4 Å². The molecular weight excluding hydrogens is 178 g/mol. The van der Waals surface area contributed by atoms with Crippen LogP contribution < -0.4 is 0 Å². The van der Waals surface area contributed by atoms with Crippen LogP contribution in [0.3, 0.4) is 0 Å². The largest absolute Gasteiger partial charge is 0.241 e. The van der Waals surface area contributed by atoms with Gasteiger partial charge in [0.15, 0.2) is 0 Å². The van der Waals surface area contributed by atoms with Crippen molar-refractivity contribution in [1.29, 1.82) is 0 Å². The molecule has 0 radical (unpaired) electrons. The van der Waals surface area contributed by atoms with Crippen LogP contribution in [0.5, 0.6) is 0 Å². The normalized spacial score (nSPS) is 10.7. The molecule has 0 unspecified atom stereocenters. The molecule has 0 N–H and O–H groups in total. The van der Waals surface area contributed by atoms with Crippen LogP contribution in [0.4, 0.5) is 0 Å². The molecule has 0 aromatic carbocycles. The molecule has 0 atom stereocenters. The summed E-state index contributed by atoms with van der Waals surface area (Å²) in [4.78, 5) is 4.15. The third kappa shape index (κ3) is 1.12. The van der Waals surface area contributed by atoms with Gasteiger partial charge in [-0.25, -0.2) is 4.98 Å². The van der Waals surface area contributed by atoms with E-state index in [4.69, 9.17) is 11.6 Å². The maximum absolute atomic E-state index is 5.78. The standard InChI is InChI=1S/C8H6ClNS/c1-5-6-2-3-11-7(6)4-8(9)10-5/h2-4H,1H3. The molecule has 0 aliphatic carbocycles. The predicted octanol–water partition coefficient (Wildman–Crippen LogP) is 3.26. The Bertz CT molecular complexity index is 394. The second kappa shape index (κ2) is 2.47. The molecule has 1 nitrogen and oxygen atoms in total. The first-order valence-corrected chi connectivity index (χ1v) is 4.53. The van der Waals surface area contributed by atoms with E-state index in [1.54, 1.807) is 11.3 Å². The first-order chi connectivity index (χ1) is 5.27. The molecule has 0 saturated heterocycles. The number of hydrogen-bond acceptors (Lipinski definition) is 2. The minimum absolute atomic E-state index is 0.581. The van der Waals surface area contributed by atoms with E-state index in [1.807, 2.05) is 13.0 Å². The lowest BCUT2D eigenvalue weighted by Gasteiger charge is -1.94. The minimum Gasteiger partial charge on any atom is -0.241 e. The fourth-order valence-electron chi connectivity index (χ4n) is 1.09. The molecule has 0 bridgehead atoms. The van der Waals surface area contributed by atoms with Gasteiger partial charge >= 0.3 is 0 Å². The van der Waals surface area contributed by atoms with Crippen LogP contribution in [0.15, 0.2) is 17.5 Å². The molecule has 0 spiro atoms. The summed E-state index contributed by atoms with van der Waals surface area (Å²) in [6.45, 7) is 1.97. The predicted molar refractivity (Wildman–Crippen MR) is 49.4 cm³/mol. The SMILES string of the molecule is Cc1nc(Cl)cc2sccc12. The molecule has 0 aliphatic heterocycles. The molecule has 3 heteroatoms. The van der Waals surface area contributed by atoms with Gasteiger partial charge < -0.3 is 0 Å². The average Bonchev–Trinajstić information content (AvgIpc) is 2.34. The Kier molecular flexibility index (Phi) is 1.59. The number of rotatable bonds is 0. The monoisotopic (exact) mass is 183 g/mol. The zero-order valence-electron chi connectivity index (χ0n) is 5.97. The number of hydrogen-bond donors (Lipinski definition) is 0. The van der Waals surface area contributed by atoms with Crippen LogP contribution in [0.25, 0.3) is 10.1 Å². The quantitative estimate of drug-likeness (QED) is 0.572. The Morgan fingerprint density at radius 3 is 3.18 bits per heavy atom. The maximum Gasteiger partial charge on any atom is 0.130 e. The Hall–Kier alpha value is -0.600. The van der Waals surface area contributed by atoms with E-state index in [0.29, 0.717) is 5.15 Å². The molecule has 2 heterocycles. The number of thiophene rings is 1. The fraction of sp³-hybridized carbons (Fsp3) is 0.125. The first kappa shape index (κ1) is 7.07. The zero-order chi connectivity index (χ0) is 7.84. The fourth-order valence-corrected chi connectivity index (χ4v) is 2.27. The Balaban J connectivity index is 2.91. The van der Waals surface area contributed by atoms with E-state index in [-0.39, 0.29) is 0 Å². The lowest BCUT2D eigenvalue weighted by atomic mass is 10.3. The first-order valence-electron chi connectivity index (χ1n) is 3.28.